The van der Waals surface area contributed by atoms with Crippen molar-refractivity contribution in [3.8, 4) is 0 Å². The van der Waals surface area contributed by atoms with E-state index in [4.69, 9.17) is 9.15 Å². The van der Waals surface area contributed by atoms with Crippen LogP contribution in [0.15, 0.2) is 27.8 Å². The van der Waals surface area contributed by atoms with Gasteiger partial charge in [0, 0.05) is 52.9 Å². The molecule has 148 valence electrons. The highest BCUT2D eigenvalue weighted by Gasteiger charge is 2.15. The molecule has 1 aromatic heterocycles. The van der Waals surface area contributed by atoms with E-state index in [0.717, 1.165) is 44.3 Å². The summed E-state index contributed by atoms with van der Waals surface area (Å²) in [5.74, 6) is 1.76. The number of aliphatic imine (C=N–C) groups is 1. The molecular weight excluding hydrogens is 332 g/mol. The number of rotatable bonds is 12. The highest BCUT2D eigenvalue weighted by molar-refractivity contribution is 5.86. The minimum Gasteiger partial charge on any atom is -0.469 e. The summed E-state index contributed by atoms with van der Waals surface area (Å²) in [4.78, 5) is 20.7. The first-order chi connectivity index (χ1) is 12.6. The molecule has 1 amide bonds. The molecule has 0 atom stereocenters. The number of nitrogens with one attached hydrogen (secondary N) is 1. The first-order valence-electron chi connectivity index (χ1n) is 9.49. The van der Waals surface area contributed by atoms with Crippen molar-refractivity contribution >= 4 is 11.9 Å². The summed E-state index contributed by atoms with van der Waals surface area (Å²) >= 11 is 0. The Labute approximate surface area is 157 Å². The van der Waals surface area contributed by atoms with E-state index in [1.165, 1.54) is 0 Å². The minimum absolute atomic E-state index is 0.104. The number of nitrogens with zero attached hydrogens (tertiary/aromatic N) is 3. The molecule has 1 rings (SSSR count). The van der Waals surface area contributed by atoms with Gasteiger partial charge in [-0.1, -0.05) is 0 Å². The monoisotopic (exact) mass is 366 g/mol. The Bertz CT molecular complexity index is 513. The number of hydrogen-bond acceptors (Lipinski definition) is 4. The fourth-order valence-corrected chi connectivity index (χ4v) is 2.51. The average Bonchev–Trinajstić information content (AvgIpc) is 3.14. The number of ether oxygens (including phenoxy) is 1. The van der Waals surface area contributed by atoms with E-state index >= 15 is 0 Å². The Hall–Kier alpha value is -2.02. The van der Waals surface area contributed by atoms with E-state index in [2.05, 4.69) is 10.3 Å². The van der Waals surface area contributed by atoms with Crippen LogP contribution in [0.1, 0.15) is 33.0 Å². The summed E-state index contributed by atoms with van der Waals surface area (Å²) in [6.45, 7) is 10.5. The third-order valence-corrected chi connectivity index (χ3v) is 4.00. The van der Waals surface area contributed by atoms with E-state index < -0.39 is 0 Å². The highest BCUT2D eigenvalue weighted by Crippen LogP contribution is 2.00. The SMILES string of the molecule is CCOCCCN=C(NCCc1ccco1)N(C)CC(=O)N(CC)CC. The number of furan rings is 1. The van der Waals surface area contributed by atoms with Crippen molar-refractivity contribution in [3.05, 3.63) is 24.2 Å². The predicted octanol–water partition coefficient (Wildman–Crippen LogP) is 1.99. The number of likely N-dealkylation sites (N-methyl/N-ethyl adjacent to an activating group) is 2. The first kappa shape index (κ1) is 22.0. The summed E-state index contributed by atoms with van der Waals surface area (Å²) in [5, 5.41) is 3.33. The van der Waals surface area contributed by atoms with Gasteiger partial charge in [0.15, 0.2) is 5.96 Å². The highest BCUT2D eigenvalue weighted by atomic mass is 16.5. The maximum atomic E-state index is 12.4. The van der Waals surface area contributed by atoms with Gasteiger partial charge >= 0.3 is 0 Å². The molecule has 0 saturated heterocycles. The van der Waals surface area contributed by atoms with Crippen LogP contribution in [-0.2, 0) is 16.0 Å². The van der Waals surface area contributed by atoms with Gasteiger partial charge in [0.2, 0.25) is 5.91 Å². The lowest BCUT2D eigenvalue weighted by Gasteiger charge is -2.26. The maximum Gasteiger partial charge on any atom is 0.242 e. The van der Waals surface area contributed by atoms with Crippen LogP contribution in [0, 0.1) is 0 Å². The van der Waals surface area contributed by atoms with Gasteiger partial charge in [0.05, 0.1) is 12.8 Å². The molecule has 0 radical (unpaired) electrons. The van der Waals surface area contributed by atoms with Crippen LogP contribution in [0.2, 0.25) is 0 Å². The summed E-state index contributed by atoms with van der Waals surface area (Å²) < 4.78 is 10.7. The second-order valence-electron chi connectivity index (χ2n) is 5.93. The fraction of sp³-hybridized carbons (Fsp3) is 0.684. The molecule has 7 heteroatoms. The number of carbonyl (C=O) groups is 1. The molecule has 1 N–H and O–H groups in total. The van der Waals surface area contributed by atoms with E-state index in [1.807, 2.05) is 49.8 Å². The van der Waals surface area contributed by atoms with Gasteiger partial charge in [-0.3, -0.25) is 9.79 Å². The Morgan fingerprint density at radius 2 is 2.08 bits per heavy atom. The van der Waals surface area contributed by atoms with Crippen molar-refractivity contribution in [3.63, 3.8) is 0 Å². The third kappa shape index (κ3) is 8.38. The molecule has 0 fully saturated rings. The van der Waals surface area contributed by atoms with Crippen LogP contribution in [0.4, 0.5) is 0 Å². The molecule has 1 aromatic rings. The van der Waals surface area contributed by atoms with Crippen LogP contribution in [0.25, 0.3) is 0 Å². The molecule has 0 aromatic carbocycles. The van der Waals surface area contributed by atoms with Gasteiger partial charge in [-0.15, -0.1) is 0 Å². The van der Waals surface area contributed by atoms with Crippen molar-refractivity contribution in [2.45, 2.75) is 33.6 Å². The minimum atomic E-state index is 0.104. The van der Waals surface area contributed by atoms with Gasteiger partial charge in [0.25, 0.3) is 0 Å². The summed E-state index contributed by atoms with van der Waals surface area (Å²) in [5.41, 5.74) is 0. The van der Waals surface area contributed by atoms with Crippen molar-refractivity contribution in [2.24, 2.45) is 4.99 Å². The third-order valence-electron chi connectivity index (χ3n) is 4.00. The zero-order valence-corrected chi connectivity index (χ0v) is 16.7. The summed E-state index contributed by atoms with van der Waals surface area (Å²) in [7, 11) is 1.89. The van der Waals surface area contributed by atoms with Gasteiger partial charge in [-0.05, 0) is 39.3 Å². The largest absolute Gasteiger partial charge is 0.469 e. The summed E-state index contributed by atoms with van der Waals surface area (Å²) in [6.07, 6.45) is 3.30. The molecule has 0 aliphatic carbocycles. The van der Waals surface area contributed by atoms with Crippen molar-refractivity contribution < 1.29 is 13.9 Å². The zero-order valence-electron chi connectivity index (χ0n) is 16.7. The van der Waals surface area contributed by atoms with Crippen LogP contribution in [-0.4, -0.2) is 74.7 Å². The Balaban J connectivity index is 2.58. The van der Waals surface area contributed by atoms with E-state index in [-0.39, 0.29) is 5.91 Å². The second-order valence-corrected chi connectivity index (χ2v) is 5.93. The predicted molar refractivity (Wildman–Crippen MR) is 104 cm³/mol. The van der Waals surface area contributed by atoms with Crippen LogP contribution in [0.3, 0.4) is 0 Å². The number of hydrogen-bond donors (Lipinski definition) is 1. The molecular formula is C19H34N4O3. The smallest absolute Gasteiger partial charge is 0.242 e. The topological polar surface area (TPSA) is 70.3 Å². The molecule has 26 heavy (non-hydrogen) atoms. The zero-order chi connectivity index (χ0) is 19.2. The van der Waals surface area contributed by atoms with Crippen LogP contribution in [0.5, 0.6) is 0 Å². The van der Waals surface area contributed by atoms with Gasteiger partial charge in [0.1, 0.15) is 5.76 Å². The molecule has 0 saturated carbocycles. The first-order valence-corrected chi connectivity index (χ1v) is 9.49. The average molecular weight is 367 g/mol. The van der Waals surface area contributed by atoms with E-state index in [1.54, 1.807) is 6.26 Å². The van der Waals surface area contributed by atoms with Crippen molar-refractivity contribution in [1.82, 2.24) is 15.1 Å². The fourth-order valence-electron chi connectivity index (χ4n) is 2.51. The number of carbonyl (C=O) groups excluding carboxylic acids is 1. The quantitative estimate of drug-likeness (QED) is 0.348. The normalized spacial score (nSPS) is 11.5. The molecule has 0 aliphatic heterocycles. The van der Waals surface area contributed by atoms with Crippen LogP contribution < -0.4 is 5.32 Å². The Morgan fingerprint density at radius 3 is 2.69 bits per heavy atom. The van der Waals surface area contributed by atoms with Crippen LogP contribution >= 0.6 is 0 Å². The lowest BCUT2D eigenvalue weighted by molar-refractivity contribution is -0.131. The molecule has 0 spiro atoms. The van der Waals surface area contributed by atoms with Gasteiger partial charge < -0.3 is 24.3 Å². The molecule has 0 unspecified atom stereocenters. The standard InChI is InChI=1S/C19H34N4O3/c1-5-23(6-2)18(24)16-22(4)19(20-12-9-14-25-7-3)21-13-11-17-10-8-15-26-17/h8,10,15H,5-7,9,11-14,16H2,1-4H3,(H,20,21). The molecule has 1 heterocycles. The van der Waals surface area contributed by atoms with E-state index in [0.29, 0.717) is 26.2 Å². The van der Waals surface area contributed by atoms with Crippen molar-refractivity contribution in [2.75, 3.05) is 53.0 Å². The Morgan fingerprint density at radius 1 is 1.31 bits per heavy atom. The molecule has 0 aliphatic rings. The Kier molecular flexibility index (Phi) is 11.2. The molecule has 7 nitrogen and oxygen atoms in total. The van der Waals surface area contributed by atoms with Crippen molar-refractivity contribution in [1.29, 1.82) is 0 Å². The second kappa shape index (κ2) is 13.2. The van der Waals surface area contributed by atoms with Gasteiger partial charge in [-0.25, -0.2) is 0 Å². The van der Waals surface area contributed by atoms with E-state index in [9.17, 15) is 4.79 Å². The van der Waals surface area contributed by atoms with Gasteiger partial charge in [-0.2, -0.15) is 0 Å². The number of amides is 1. The lowest BCUT2D eigenvalue weighted by atomic mass is 10.3. The lowest BCUT2D eigenvalue weighted by Crippen LogP contribution is -2.46. The number of guanidine groups is 1. The maximum absolute atomic E-state index is 12.4. The molecule has 0 bridgehead atoms. The summed E-state index contributed by atoms with van der Waals surface area (Å²) in [6, 6.07) is 3.83.